The molecular weight excluding hydrogens is 194 g/mol. The lowest BCUT2D eigenvalue weighted by atomic mass is 10.1. The Morgan fingerprint density at radius 2 is 2.40 bits per heavy atom. The molecule has 1 rings (SSSR count). The van der Waals surface area contributed by atoms with E-state index in [1.54, 1.807) is 0 Å². The third-order valence-corrected chi connectivity index (χ3v) is 2.56. The lowest BCUT2D eigenvalue weighted by Crippen LogP contribution is -2.41. The highest BCUT2D eigenvalue weighted by atomic mass is 16.5. The van der Waals surface area contributed by atoms with Crippen LogP contribution in [0.1, 0.15) is 25.7 Å². The number of carbonyl (C=O) groups is 1. The van der Waals surface area contributed by atoms with E-state index < -0.39 is 6.04 Å². The zero-order valence-corrected chi connectivity index (χ0v) is 9.08. The maximum Gasteiger partial charge on any atom is 0.323 e. The Kier molecular flexibility index (Phi) is 5.60. The molecule has 1 fully saturated rings. The summed E-state index contributed by atoms with van der Waals surface area (Å²) in [6, 6.07) is -0.518. The second-order valence-electron chi connectivity index (χ2n) is 3.94. The molecule has 0 radical (unpaired) electrons. The number of ether oxygens (including phenoxy) is 1. The Hall–Kier alpha value is -0.650. The first-order valence-electron chi connectivity index (χ1n) is 5.61. The van der Waals surface area contributed by atoms with E-state index in [-0.39, 0.29) is 12.1 Å². The van der Waals surface area contributed by atoms with E-state index in [0.717, 1.165) is 32.4 Å². The minimum Gasteiger partial charge on any atom is -0.460 e. The number of carbonyl (C=O) groups excluding carboxylic acids is 1. The fraction of sp³-hybridized carbons (Fsp3) is 0.900. The summed E-state index contributed by atoms with van der Waals surface area (Å²) in [6.45, 7) is 2.31. The van der Waals surface area contributed by atoms with E-state index in [2.05, 4.69) is 5.32 Å². The van der Waals surface area contributed by atoms with E-state index in [1.807, 2.05) is 0 Å². The first-order valence-corrected chi connectivity index (χ1v) is 5.61. The van der Waals surface area contributed by atoms with Crippen LogP contribution in [0.2, 0.25) is 0 Å². The molecule has 0 aliphatic carbocycles. The van der Waals surface area contributed by atoms with Crippen LogP contribution < -0.4 is 16.8 Å². The largest absolute Gasteiger partial charge is 0.460 e. The first-order chi connectivity index (χ1) is 7.24. The number of rotatable bonds is 5. The second-order valence-corrected chi connectivity index (χ2v) is 3.94. The number of nitrogens with one attached hydrogen (secondary N) is 1. The van der Waals surface area contributed by atoms with Crippen molar-refractivity contribution in [2.24, 2.45) is 11.5 Å². The van der Waals surface area contributed by atoms with Gasteiger partial charge in [0.25, 0.3) is 0 Å². The van der Waals surface area contributed by atoms with Gasteiger partial charge in [-0.1, -0.05) is 0 Å². The van der Waals surface area contributed by atoms with E-state index in [1.165, 1.54) is 0 Å². The maximum atomic E-state index is 11.5. The lowest BCUT2D eigenvalue weighted by Gasteiger charge is -2.24. The molecule has 5 heteroatoms. The van der Waals surface area contributed by atoms with Gasteiger partial charge < -0.3 is 21.5 Å². The molecule has 88 valence electrons. The van der Waals surface area contributed by atoms with Crippen molar-refractivity contribution in [3.05, 3.63) is 0 Å². The molecule has 1 saturated heterocycles. The summed E-state index contributed by atoms with van der Waals surface area (Å²) >= 11 is 0. The van der Waals surface area contributed by atoms with Crippen molar-refractivity contribution in [1.82, 2.24) is 5.32 Å². The van der Waals surface area contributed by atoms with Gasteiger partial charge in [-0.15, -0.1) is 0 Å². The number of piperidine rings is 1. The van der Waals surface area contributed by atoms with Crippen LogP contribution in [0.5, 0.6) is 0 Å². The summed E-state index contributed by atoms with van der Waals surface area (Å²) < 4.78 is 5.28. The molecule has 0 aromatic heterocycles. The predicted octanol–water partition coefficient (Wildman–Crippen LogP) is -0.652. The van der Waals surface area contributed by atoms with Crippen molar-refractivity contribution < 1.29 is 9.53 Å². The molecule has 1 aliphatic rings. The smallest absolute Gasteiger partial charge is 0.323 e. The van der Waals surface area contributed by atoms with Crippen LogP contribution in [0.25, 0.3) is 0 Å². The van der Waals surface area contributed by atoms with Crippen LogP contribution in [-0.4, -0.2) is 37.7 Å². The van der Waals surface area contributed by atoms with Gasteiger partial charge >= 0.3 is 5.97 Å². The van der Waals surface area contributed by atoms with Gasteiger partial charge in [0, 0.05) is 6.54 Å². The SMILES string of the molecule is NCCCC(N)C(=O)OC1CCCNC1. The normalized spacial score (nSPS) is 23.5. The molecular formula is C10H21N3O2. The maximum absolute atomic E-state index is 11.5. The Labute approximate surface area is 90.5 Å². The van der Waals surface area contributed by atoms with E-state index >= 15 is 0 Å². The van der Waals surface area contributed by atoms with Gasteiger partial charge in [-0.25, -0.2) is 0 Å². The molecule has 2 unspecified atom stereocenters. The molecule has 1 aliphatic heterocycles. The van der Waals surface area contributed by atoms with Gasteiger partial charge in [-0.3, -0.25) is 4.79 Å². The average Bonchev–Trinajstić information content (AvgIpc) is 2.27. The highest BCUT2D eigenvalue weighted by Gasteiger charge is 2.21. The van der Waals surface area contributed by atoms with Crippen molar-refractivity contribution in [2.45, 2.75) is 37.8 Å². The number of hydrogen-bond donors (Lipinski definition) is 3. The van der Waals surface area contributed by atoms with Gasteiger partial charge in [0.2, 0.25) is 0 Å². The summed E-state index contributed by atoms with van der Waals surface area (Å²) in [6.07, 6.45) is 3.35. The van der Waals surface area contributed by atoms with Crippen molar-refractivity contribution in [1.29, 1.82) is 0 Å². The quantitative estimate of drug-likeness (QED) is 0.530. The molecule has 0 spiro atoms. The van der Waals surface area contributed by atoms with E-state index in [4.69, 9.17) is 16.2 Å². The number of nitrogens with two attached hydrogens (primary N) is 2. The lowest BCUT2D eigenvalue weighted by molar-refractivity contribution is -0.151. The zero-order chi connectivity index (χ0) is 11.1. The minimum atomic E-state index is -0.518. The van der Waals surface area contributed by atoms with E-state index in [0.29, 0.717) is 13.0 Å². The second kappa shape index (κ2) is 6.76. The van der Waals surface area contributed by atoms with Crippen LogP contribution in [-0.2, 0) is 9.53 Å². The molecule has 2 atom stereocenters. The Morgan fingerprint density at radius 3 is 3.00 bits per heavy atom. The molecule has 0 aromatic rings. The molecule has 5 N–H and O–H groups in total. The Bertz CT molecular complexity index is 193. The monoisotopic (exact) mass is 215 g/mol. The third-order valence-electron chi connectivity index (χ3n) is 2.56. The van der Waals surface area contributed by atoms with Crippen LogP contribution in [0.3, 0.4) is 0 Å². The molecule has 15 heavy (non-hydrogen) atoms. The molecule has 0 saturated carbocycles. The van der Waals surface area contributed by atoms with Gasteiger partial charge in [0.15, 0.2) is 0 Å². The Balaban J connectivity index is 2.20. The van der Waals surface area contributed by atoms with Crippen molar-refractivity contribution in [2.75, 3.05) is 19.6 Å². The number of hydrogen-bond acceptors (Lipinski definition) is 5. The summed E-state index contributed by atoms with van der Waals surface area (Å²) in [4.78, 5) is 11.5. The van der Waals surface area contributed by atoms with Gasteiger partial charge in [-0.05, 0) is 38.8 Å². The van der Waals surface area contributed by atoms with Gasteiger partial charge in [0.1, 0.15) is 12.1 Å². The zero-order valence-electron chi connectivity index (χ0n) is 9.08. The fourth-order valence-electron chi connectivity index (χ4n) is 1.63. The molecule has 5 nitrogen and oxygen atoms in total. The van der Waals surface area contributed by atoms with Crippen molar-refractivity contribution in [3.63, 3.8) is 0 Å². The average molecular weight is 215 g/mol. The molecule has 0 aromatic carbocycles. The molecule has 0 amide bonds. The summed E-state index contributed by atoms with van der Waals surface area (Å²) in [5.74, 6) is -0.294. The van der Waals surface area contributed by atoms with Gasteiger partial charge in [-0.2, -0.15) is 0 Å². The van der Waals surface area contributed by atoms with Crippen LogP contribution in [0.4, 0.5) is 0 Å². The molecule has 0 bridgehead atoms. The highest BCUT2D eigenvalue weighted by molar-refractivity contribution is 5.75. The topological polar surface area (TPSA) is 90.4 Å². The summed E-state index contributed by atoms with van der Waals surface area (Å²) in [7, 11) is 0. The summed E-state index contributed by atoms with van der Waals surface area (Å²) in [5.41, 5.74) is 11.0. The minimum absolute atomic E-state index is 0.00447. The first kappa shape index (κ1) is 12.4. The van der Waals surface area contributed by atoms with Crippen LogP contribution in [0, 0.1) is 0 Å². The van der Waals surface area contributed by atoms with Crippen molar-refractivity contribution >= 4 is 5.97 Å². The van der Waals surface area contributed by atoms with Crippen molar-refractivity contribution in [3.8, 4) is 0 Å². The molecule has 1 heterocycles. The van der Waals surface area contributed by atoms with Crippen LogP contribution in [0.15, 0.2) is 0 Å². The fourth-order valence-corrected chi connectivity index (χ4v) is 1.63. The highest BCUT2D eigenvalue weighted by Crippen LogP contribution is 2.07. The third kappa shape index (κ3) is 4.59. The predicted molar refractivity (Wildman–Crippen MR) is 58.2 cm³/mol. The van der Waals surface area contributed by atoms with Gasteiger partial charge in [0.05, 0.1) is 0 Å². The summed E-state index contributed by atoms with van der Waals surface area (Å²) in [5, 5.41) is 3.18. The number of esters is 1. The van der Waals surface area contributed by atoms with E-state index in [9.17, 15) is 4.79 Å². The Morgan fingerprint density at radius 1 is 1.60 bits per heavy atom. The standard InChI is InChI=1S/C10H21N3O2/c11-5-1-4-9(12)10(14)15-8-3-2-6-13-7-8/h8-9,13H,1-7,11-12H2. The van der Waals surface area contributed by atoms with Crippen LogP contribution >= 0.6 is 0 Å².